The topological polar surface area (TPSA) is 63.0 Å². The third-order valence-corrected chi connectivity index (χ3v) is 4.61. The first-order valence-electron chi connectivity index (χ1n) is 7.59. The number of ether oxygens (including phenoxy) is 1. The Morgan fingerprint density at radius 1 is 1.29 bits per heavy atom. The summed E-state index contributed by atoms with van der Waals surface area (Å²) in [6.07, 6.45) is 0. The van der Waals surface area contributed by atoms with Crippen molar-refractivity contribution in [2.45, 2.75) is 32.4 Å². The Labute approximate surface area is 146 Å². The minimum absolute atomic E-state index is 0.0398. The predicted octanol–water partition coefficient (Wildman–Crippen LogP) is 4.00. The first-order valence-corrected chi connectivity index (χ1v) is 8.57. The Kier molecular flexibility index (Phi) is 6.13. The number of ketones is 1. The summed E-state index contributed by atoms with van der Waals surface area (Å²) in [5.74, 6) is 0.291. The minimum Gasteiger partial charge on any atom is -0.380 e. The van der Waals surface area contributed by atoms with Crippen molar-refractivity contribution in [2.24, 2.45) is 0 Å². The highest BCUT2D eigenvalue weighted by molar-refractivity contribution is 8.00. The first-order chi connectivity index (χ1) is 11.5. The van der Waals surface area contributed by atoms with E-state index in [1.165, 1.54) is 11.8 Å². The molecule has 0 saturated heterocycles. The summed E-state index contributed by atoms with van der Waals surface area (Å²) in [5.41, 5.74) is 4.92. The van der Waals surface area contributed by atoms with Gasteiger partial charge in [0.1, 0.15) is 11.1 Å². The molecular weight excluding hydrogens is 320 g/mol. The highest BCUT2D eigenvalue weighted by atomic mass is 32.2. The maximum atomic E-state index is 12.5. The van der Waals surface area contributed by atoms with Gasteiger partial charge in [-0.05, 0) is 38.0 Å². The molecular formula is C19H20N2O2S. The molecule has 0 spiro atoms. The fourth-order valence-corrected chi connectivity index (χ4v) is 3.49. The molecule has 1 aromatic heterocycles. The van der Waals surface area contributed by atoms with E-state index in [2.05, 4.69) is 11.1 Å². The van der Waals surface area contributed by atoms with Gasteiger partial charge in [-0.3, -0.25) is 4.79 Å². The average molecular weight is 340 g/mol. The van der Waals surface area contributed by atoms with Gasteiger partial charge in [0.2, 0.25) is 0 Å². The lowest BCUT2D eigenvalue weighted by molar-refractivity contribution is 0.102. The predicted molar refractivity (Wildman–Crippen MR) is 95.4 cm³/mol. The molecule has 0 radical (unpaired) electrons. The summed E-state index contributed by atoms with van der Waals surface area (Å²) in [6.45, 7) is 6.16. The van der Waals surface area contributed by atoms with E-state index in [0.29, 0.717) is 17.2 Å². The fourth-order valence-electron chi connectivity index (χ4n) is 2.54. The van der Waals surface area contributed by atoms with Crippen molar-refractivity contribution in [2.75, 3.05) is 12.9 Å². The van der Waals surface area contributed by atoms with Gasteiger partial charge in [0.05, 0.1) is 17.9 Å². The lowest BCUT2D eigenvalue weighted by Crippen LogP contribution is -2.06. The molecule has 5 heteroatoms. The summed E-state index contributed by atoms with van der Waals surface area (Å²) in [4.78, 5) is 16.9. The molecule has 0 aliphatic rings. The minimum atomic E-state index is 0.0398. The molecule has 4 nitrogen and oxygen atoms in total. The number of benzene rings is 1. The molecule has 1 aromatic carbocycles. The molecule has 0 bridgehead atoms. The van der Waals surface area contributed by atoms with Crippen LogP contribution in [-0.2, 0) is 11.3 Å². The van der Waals surface area contributed by atoms with Crippen LogP contribution in [0.4, 0.5) is 0 Å². The van der Waals surface area contributed by atoms with Crippen molar-refractivity contribution in [1.82, 2.24) is 4.98 Å². The molecule has 0 amide bonds. The lowest BCUT2D eigenvalue weighted by Gasteiger charge is -2.10. The Morgan fingerprint density at radius 3 is 2.67 bits per heavy atom. The fraction of sp³-hybridized carbons (Fsp3) is 0.316. The van der Waals surface area contributed by atoms with Crippen LogP contribution >= 0.6 is 11.8 Å². The van der Waals surface area contributed by atoms with Gasteiger partial charge in [-0.1, -0.05) is 35.5 Å². The number of hydrogen-bond acceptors (Lipinski definition) is 5. The summed E-state index contributed by atoms with van der Waals surface area (Å²) < 4.78 is 5.15. The summed E-state index contributed by atoms with van der Waals surface area (Å²) >= 11 is 1.30. The average Bonchev–Trinajstić information content (AvgIpc) is 2.52. The molecule has 1 heterocycles. The summed E-state index contributed by atoms with van der Waals surface area (Å²) in [6, 6.07) is 9.83. The molecule has 0 atom stereocenters. The number of pyridine rings is 1. The van der Waals surface area contributed by atoms with Gasteiger partial charge in [0.15, 0.2) is 5.78 Å². The van der Waals surface area contributed by atoms with Crippen molar-refractivity contribution >= 4 is 17.5 Å². The number of thioether (sulfide) groups is 1. The van der Waals surface area contributed by atoms with Gasteiger partial charge < -0.3 is 4.74 Å². The van der Waals surface area contributed by atoms with E-state index in [1.807, 2.05) is 45.0 Å². The van der Waals surface area contributed by atoms with Crippen LogP contribution in [0, 0.1) is 32.1 Å². The molecule has 0 unspecified atom stereocenters. The molecule has 0 fully saturated rings. The van der Waals surface area contributed by atoms with Crippen LogP contribution in [0.5, 0.6) is 0 Å². The second-order valence-electron chi connectivity index (χ2n) is 5.68. The number of methoxy groups -OCH3 is 1. The van der Waals surface area contributed by atoms with Crippen LogP contribution in [0.2, 0.25) is 0 Å². The maximum Gasteiger partial charge on any atom is 0.173 e. The standard InChI is InChI=1S/C19H20N2O2S/c1-12-5-6-16(13(2)7-12)18(22)11-24-19-17(9-20)15(10-23-4)8-14(3)21-19/h5-8H,10-11H2,1-4H3. The first kappa shape index (κ1) is 18.2. The van der Waals surface area contributed by atoms with E-state index >= 15 is 0 Å². The van der Waals surface area contributed by atoms with Crippen LogP contribution in [0.3, 0.4) is 0 Å². The lowest BCUT2D eigenvalue weighted by atomic mass is 10.0. The van der Waals surface area contributed by atoms with Crippen molar-refractivity contribution in [1.29, 1.82) is 5.26 Å². The SMILES string of the molecule is COCc1cc(C)nc(SCC(=O)c2ccc(C)cc2C)c1C#N. The van der Waals surface area contributed by atoms with Crippen molar-refractivity contribution in [3.05, 3.63) is 57.8 Å². The van der Waals surface area contributed by atoms with E-state index in [0.717, 1.165) is 27.9 Å². The second-order valence-corrected chi connectivity index (χ2v) is 6.64. The van der Waals surface area contributed by atoms with E-state index in [-0.39, 0.29) is 11.5 Å². The van der Waals surface area contributed by atoms with Crippen LogP contribution in [0.1, 0.15) is 38.3 Å². The molecule has 2 rings (SSSR count). The van der Waals surface area contributed by atoms with Gasteiger partial charge in [-0.15, -0.1) is 0 Å². The Balaban J connectivity index is 2.22. The molecule has 24 heavy (non-hydrogen) atoms. The number of carbonyl (C=O) groups excluding carboxylic acids is 1. The van der Waals surface area contributed by atoms with E-state index in [9.17, 15) is 10.1 Å². The van der Waals surface area contributed by atoms with Crippen molar-refractivity contribution in [3.63, 3.8) is 0 Å². The van der Waals surface area contributed by atoms with Crippen LogP contribution in [0.15, 0.2) is 29.3 Å². The van der Waals surface area contributed by atoms with Gasteiger partial charge in [0, 0.05) is 18.4 Å². The zero-order chi connectivity index (χ0) is 17.7. The highest BCUT2D eigenvalue weighted by Crippen LogP contribution is 2.26. The smallest absolute Gasteiger partial charge is 0.173 e. The number of rotatable bonds is 6. The van der Waals surface area contributed by atoms with E-state index < -0.39 is 0 Å². The molecule has 0 saturated carbocycles. The third kappa shape index (κ3) is 4.22. The van der Waals surface area contributed by atoms with Crippen LogP contribution in [-0.4, -0.2) is 23.6 Å². The second kappa shape index (κ2) is 8.09. The normalized spacial score (nSPS) is 10.5. The molecule has 2 aromatic rings. The number of Topliss-reactive ketones (excluding diaryl/α,β-unsaturated/α-hetero) is 1. The number of carbonyl (C=O) groups is 1. The number of aromatic nitrogens is 1. The monoisotopic (exact) mass is 340 g/mol. The highest BCUT2D eigenvalue weighted by Gasteiger charge is 2.15. The molecule has 0 N–H and O–H groups in total. The quantitative estimate of drug-likeness (QED) is 0.587. The number of nitriles is 1. The zero-order valence-electron chi connectivity index (χ0n) is 14.3. The van der Waals surface area contributed by atoms with Gasteiger partial charge in [-0.25, -0.2) is 4.98 Å². The largest absolute Gasteiger partial charge is 0.380 e. The Hall–Kier alpha value is -2.16. The number of hydrogen-bond donors (Lipinski definition) is 0. The van der Waals surface area contributed by atoms with Crippen molar-refractivity contribution < 1.29 is 9.53 Å². The van der Waals surface area contributed by atoms with Gasteiger partial charge in [-0.2, -0.15) is 5.26 Å². The zero-order valence-corrected chi connectivity index (χ0v) is 15.2. The molecule has 0 aliphatic heterocycles. The number of aryl methyl sites for hydroxylation is 3. The Morgan fingerprint density at radius 2 is 2.04 bits per heavy atom. The van der Waals surface area contributed by atoms with E-state index in [1.54, 1.807) is 7.11 Å². The van der Waals surface area contributed by atoms with Crippen molar-refractivity contribution in [3.8, 4) is 6.07 Å². The number of nitrogens with zero attached hydrogens (tertiary/aromatic N) is 2. The molecule has 0 aliphatic carbocycles. The summed E-state index contributed by atoms with van der Waals surface area (Å²) in [5, 5.41) is 10.0. The van der Waals surface area contributed by atoms with E-state index in [4.69, 9.17) is 4.74 Å². The third-order valence-electron chi connectivity index (χ3n) is 3.63. The summed E-state index contributed by atoms with van der Waals surface area (Å²) in [7, 11) is 1.59. The Bertz CT molecular complexity index is 810. The van der Waals surface area contributed by atoms with Crippen LogP contribution < -0.4 is 0 Å². The molecule has 124 valence electrons. The van der Waals surface area contributed by atoms with Crippen LogP contribution in [0.25, 0.3) is 0 Å². The maximum absolute atomic E-state index is 12.5. The van der Waals surface area contributed by atoms with Gasteiger partial charge >= 0.3 is 0 Å². The van der Waals surface area contributed by atoms with Gasteiger partial charge in [0.25, 0.3) is 0 Å².